The first-order valence-corrected chi connectivity index (χ1v) is 12.1. The molecule has 0 spiro atoms. The summed E-state index contributed by atoms with van der Waals surface area (Å²) in [4.78, 5) is 23.9. The predicted molar refractivity (Wildman–Crippen MR) is 142 cm³/mol. The number of ether oxygens (including phenoxy) is 1. The van der Waals surface area contributed by atoms with E-state index in [9.17, 15) is 4.79 Å². The summed E-state index contributed by atoms with van der Waals surface area (Å²) in [5, 5.41) is 17.4. The molecule has 186 valence electrons. The summed E-state index contributed by atoms with van der Waals surface area (Å²) in [5.41, 5.74) is 3.05. The molecule has 8 heteroatoms. The Labute approximate surface area is 212 Å². The van der Waals surface area contributed by atoms with Gasteiger partial charge in [0, 0.05) is 35.2 Å². The molecule has 36 heavy (non-hydrogen) atoms. The Morgan fingerprint density at radius 2 is 1.92 bits per heavy atom. The van der Waals surface area contributed by atoms with Crippen molar-refractivity contribution in [3.8, 4) is 23.1 Å². The van der Waals surface area contributed by atoms with Gasteiger partial charge in [0.05, 0.1) is 24.6 Å². The lowest BCUT2D eigenvalue weighted by Crippen LogP contribution is -2.42. The third-order valence-corrected chi connectivity index (χ3v) is 6.80. The Morgan fingerprint density at radius 3 is 2.61 bits per heavy atom. The van der Waals surface area contributed by atoms with Gasteiger partial charge in [0.1, 0.15) is 17.8 Å². The van der Waals surface area contributed by atoms with E-state index in [2.05, 4.69) is 52.2 Å². The van der Waals surface area contributed by atoms with E-state index >= 15 is 0 Å². The number of hydrogen-bond donors (Lipinski definition) is 2. The number of benzene rings is 2. The summed E-state index contributed by atoms with van der Waals surface area (Å²) in [6, 6.07) is 14.4. The summed E-state index contributed by atoms with van der Waals surface area (Å²) < 4.78 is 5.55. The molecule has 0 aliphatic heterocycles. The number of carbonyl (C=O) groups is 1. The standard InChI is InChI=1S/C28H32N6O2/c1-18(15-29)16-30-27-23-13-20(6-5-19(23)7-12-26(27)36-4)24-14-25(32-17-31-24)28(35)33-21-8-10-22(11-9-21)34(2)3/h5-7,12-14,17,21-22,30H,1,8-11,16H2,2-4H3,(H,33,35)/t21-,22-. The zero-order valence-electron chi connectivity index (χ0n) is 21.0. The maximum atomic E-state index is 13.0. The van der Waals surface area contributed by atoms with Gasteiger partial charge in [0.25, 0.3) is 5.91 Å². The summed E-state index contributed by atoms with van der Waals surface area (Å²) in [7, 11) is 5.82. The maximum absolute atomic E-state index is 13.0. The van der Waals surface area contributed by atoms with Gasteiger partial charge in [-0.1, -0.05) is 24.8 Å². The minimum atomic E-state index is -0.174. The van der Waals surface area contributed by atoms with Crippen molar-refractivity contribution in [3.05, 3.63) is 60.6 Å². The van der Waals surface area contributed by atoms with Crippen LogP contribution in [0.15, 0.2) is 54.9 Å². The third kappa shape index (κ3) is 5.64. The van der Waals surface area contributed by atoms with Crippen molar-refractivity contribution < 1.29 is 9.53 Å². The van der Waals surface area contributed by atoms with E-state index in [-0.39, 0.29) is 11.9 Å². The van der Waals surface area contributed by atoms with Crippen LogP contribution in [0, 0.1) is 11.3 Å². The fourth-order valence-corrected chi connectivity index (χ4v) is 4.68. The van der Waals surface area contributed by atoms with Gasteiger partial charge in [-0.15, -0.1) is 0 Å². The van der Waals surface area contributed by atoms with E-state index < -0.39 is 0 Å². The normalized spacial score (nSPS) is 17.4. The van der Waals surface area contributed by atoms with Crippen LogP contribution < -0.4 is 15.4 Å². The number of nitrogens with one attached hydrogen (secondary N) is 2. The van der Waals surface area contributed by atoms with Crippen LogP contribution in [0.4, 0.5) is 5.69 Å². The molecule has 0 unspecified atom stereocenters. The second-order valence-corrected chi connectivity index (χ2v) is 9.38. The average Bonchev–Trinajstić information content (AvgIpc) is 2.91. The van der Waals surface area contributed by atoms with Crippen LogP contribution in [0.5, 0.6) is 5.75 Å². The lowest BCUT2D eigenvalue weighted by Gasteiger charge is -2.32. The lowest BCUT2D eigenvalue weighted by molar-refractivity contribution is 0.0911. The molecule has 0 atom stereocenters. The number of hydrogen-bond acceptors (Lipinski definition) is 7. The molecule has 4 rings (SSSR count). The zero-order chi connectivity index (χ0) is 25.7. The number of nitriles is 1. The molecule has 1 amide bonds. The summed E-state index contributed by atoms with van der Waals surface area (Å²) >= 11 is 0. The van der Waals surface area contributed by atoms with E-state index in [4.69, 9.17) is 10.00 Å². The highest BCUT2D eigenvalue weighted by molar-refractivity contribution is 6.00. The smallest absolute Gasteiger partial charge is 0.270 e. The molecule has 1 aliphatic rings. The first-order chi connectivity index (χ1) is 17.4. The molecule has 0 radical (unpaired) electrons. The molecule has 1 heterocycles. The Kier molecular flexibility index (Phi) is 7.81. The van der Waals surface area contributed by atoms with E-state index in [1.807, 2.05) is 30.3 Å². The van der Waals surface area contributed by atoms with E-state index in [0.717, 1.165) is 47.7 Å². The first kappa shape index (κ1) is 25.1. The van der Waals surface area contributed by atoms with E-state index in [0.29, 0.717) is 35.3 Å². The SMILES string of the molecule is C=C(C#N)CNc1c(OC)ccc2ccc(-c3cc(C(=O)N[C@H]4CC[C@H](N(C)C)CC4)ncn3)cc12. The van der Waals surface area contributed by atoms with Crippen molar-refractivity contribution in [2.24, 2.45) is 0 Å². The molecular formula is C28H32N6O2. The van der Waals surface area contributed by atoms with Crippen LogP contribution in [-0.2, 0) is 0 Å². The van der Waals surface area contributed by atoms with Crippen molar-refractivity contribution in [1.29, 1.82) is 5.26 Å². The summed E-state index contributed by atoms with van der Waals surface area (Å²) in [6.07, 6.45) is 5.51. The fraction of sp³-hybridized carbons (Fsp3) is 0.357. The molecule has 8 nitrogen and oxygen atoms in total. The van der Waals surface area contributed by atoms with Gasteiger partial charge < -0.3 is 20.3 Å². The summed E-state index contributed by atoms with van der Waals surface area (Å²) in [5.74, 6) is 0.490. The number of carbonyl (C=O) groups excluding carboxylic acids is 1. The molecular weight excluding hydrogens is 452 g/mol. The predicted octanol–water partition coefficient (Wildman–Crippen LogP) is 4.40. The van der Waals surface area contributed by atoms with Gasteiger partial charge in [-0.3, -0.25) is 4.79 Å². The van der Waals surface area contributed by atoms with Crippen molar-refractivity contribution in [3.63, 3.8) is 0 Å². The fourth-order valence-electron chi connectivity index (χ4n) is 4.68. The van der Waals surface area contributed by atoms with Gasteiger partial charge in [-0.2, -0.15) is 5.26 Å². The minimum absolute atomic E-state index is 0.164. The molecule has 3 aromatic rings. The quantitative estimate of drug-likeness (QED) is 0.457. The molecule has 2 aromatic carbocycles. The van der Waals surface area contributed by atoms with Crippen LogP contribution in [-0.4, -0.2) is 60.6 Å². The van der Waals surface area contributed by atoms with Crippen LogP contribution in [0.3, 0.4) is 0 Å². The van der Waals surface area contributed by atoms with Crippen molar-refractivity contribution in [2.75, 3.05) is 33.1 Å². The maximum Gasteiger partial charge on any atom is 0.270 e. The number of methoxy groups -OCH3 is 1. The number of rotatable bonds is 8. The second kappa shape index (κ2) is 11.2. The van der Waals surface area contributed by atoms with E-state index in [1.165, 1.54) is 6.33 Å². The first-order valence-electron chi connectivity index (χ1n) is 12.1. The molecule has 1 aliphatic carbocycles. The van der Waals surface area contributed by atoms with Crippen LogP contribution >= 0.6 is 0 Å². The van der Waals surface area contributed by atoms with Gasteiger partial charge in [0.15, 0.2) is 0 Å². The minimum Gasteiger partial charge on any atom is -0.495 e. The largest absolute Gasteiger partial charge is 0.495 e. The molecule has 0 bridgehead atoms. The Morgan fingerprint density at radius 1 is 1.17 bits per heavy atom. The highest BCUT2D eigenvalue weighted by Crippen LogP contribution is 2.35. The molecule has 0 saturated heterocycles. The molecule has 2 N–H and O–H groups in total. The number of anilines is 1. The monoisotopic (exact) mass is 484 g/mol. The van der Waals surface area contributed by atoms with Gasteiger partial charge in [-0.05, 0) is 63.4 Å². The highest BCUT2D eigenvalue weighted by Gasteiger charge is 2.24. The van der Waals surface area contributed by atoms with Crippen LogP contribution in [0.25, 0.3) is 22.0 Å². The third-order valence-electron chi connectivity index (χ3n) is 6.80. The Bertz CT molecular complexity index is 1310. The van der Waals surface area contributed by atoms with Crippen molar-refractivity contribution in [2.45, 2.75) is 37.8 Å². The van der Waals surface area contributed by atoms with E-state index in [1.54, 1.807) is 13.2 Å². The Hall–Kier alpha value is -3.96. The number of nitrogens with zero attached hydrogens (tertiary/aromatic N) is 4. The number of fused-ring (bicyclic) bond motifs is 1. The van der Waals surface area contributed by atoms with Gasteiger partial charge in [-0.25, -0.2) is 9.97 Å². The second-order valence-electron chi connectivity index (χ2n) is 9.38. The zero-order valence-corrected chi connectivity index (χ0v) is 21.0. The van der Waals surface area contributed by atoms with Crippen LogP contribution in [0.1, 0.15) is 36.2 Å². The molecule has 1 fully saturated rings. The molecule has 1 aromatic heterocycles. The molecule has 1 saturated carbocycles. The lowest BCUT2D eigenvalue weighted by atomic mass is 9.90. The highest BCUT2D eigenvalue weighted by atomic mass is 16.5. The number of amides is 1. The number of aromatic nitrogens is 2. The van der Waals surface area contributed by atoms with Gasteiger partial charge in [0.2, 0.25) is 0 Å². The van der Waals surface area contributed by atoms with Crippen LogP contribution in [0.2, 0.25) is 0 Å². The van der Waals surface area contributed by atoms with Crippen molar-refractivity contribution in [1.82, 2.24) is 20.2 Å². The van der Waals surface area contributed by atoms with Crippen molar-refractivity contribution >= 4 is 22.4 Å². The summed E-state index contributed by atoms with van der Waals surface area (Å²) in [6.45, 7) is 4.06. The topological polar surface area (TPSA) is 103 Å². The van der Waals surface area contributed by atoms with Gasteiger partial charge >= 0.3 is 0 Å². The Balaban J connectivity index is 1.57. The average molecular weight is 485 g/mol.